The van der Waals surface area contributed by atoms with Crippen LogP contribution in [0.1, 0.15) is 6.42 Å². The molecular formula is C21H22N10O4. The van der Waals surface area contributed by atoms with Crippen LogP contribution in [-0.2, 0) is 0 Å². The maximum absolute atomic E-state index is 11.7. The number of rotatable bonds is 10. The number of aromatic nitrogens is 4. The van der Waals surface area contributed by atoms with Crippen molar-refractivity contribution in [3.05, 3.63) is 69.2 Å². The number of hydrogen-bond donors (Lipinski definition) is 6. The molecule has 0 aliphatic rings. The number of nitrogens with one attached hydrogen (secondary N) is 4. The molecule has 0 saturated heterocycles. The first-order valence-corrected chi connectivity index (χ1v) is 10.4. The Labute approximate surface area is 197 Å². The van der Waals surface area contributed by atoms with E-state index in [0.29, 0.717) is 42.5 Å². The second-order valence-electron chi connectivity index (χ2n) is 7.07. The van der Waals surface area contributed by atoms with Crippen LogP contribution in [-0.4, -0.2) is 33.6 Å². The van der Waals surface area contributed by atoms with E-state index in [-0.39, 0.29) is 23.0 Å². The molecule has 0 bridgehead atoms. The second-order valence-corrected chi connectivity index (χ2v) is 7.07. The second kappa shape index (κ2) is 10.7. The minimum Gasteiger partial charge on any atom is -0.491 e. The van der Waals surface area contributed by atoms with Crippen LogP contribution in [0.2, 0.25) is 0 Å². The molecule has 0 aliphatic heterocycles. The fourth-order valence-electron chi connectivity index (χ4n) is 2.88. The molecule has 0 atom stereocenters. The lowest BCUT2D eigenvalue weighted by atomic mass is 10.3. The summed E-state index contributed by atoms with van der Waals surface area (Å²) in [6.45, 7) is 0.663. The van der Waals surface area contributed by atoms with E-state index in [4.69, 9.17) is 20.9 Å². The van der Waals surface area contributed by atoms with Gasteiger partial charge < -0.3 is 20.9 Å². The van der Waals surface area contributed by atoms with Crippen LogP contribution in [0.4, 0.5) is 34.4 Å². The van der Waals surface area contributed by atoms with Gasteiger partial charge in [0.25, 0.3) is 11.1 Å². The van der Waals surface area contributed by atoms with Gasteiger partial charge in [-0.25, -0.2) is 0 Å². The summed E-state index contributed by atoms with van der Waals surface area (Å²) in [5.74, 6) is 1.17. The van der Waals surface area contributed by atoms with E-state index in [9.17, 15) is 9.59 Å². The van der Waals surface area contributed by atoms with E-state index in [2.05, 4.69) is 40.9 Å². The fraction of sp³-hybridized carbons (Fsp3) is 0.143. The third kappa shape index (κ3) is 5.62. The van der Waals surface area contributed by atoms with E-state index < -0.39 is 11.1 Å². The van der Waals surface area contributed by atoms with Gasteiger partial charge in [-0.3, -0.25) is 30.0 Å². The van der Waals surface area contributed by atoms with Gasteiger partial charge in [-0.05, 0) is 24.3 Å². The number of azo groups is 2. The topological polar surface area (TPSA) is 217 Å². The molecule has 2 heterocycles. The van der Waals surface area contributed by atoms with Crippen molar-refractivity contribution >= 4 is 34.4 Å². The number of nitrogen functional groups attached to an aromatic ring is 2. The highest BCUT2D eigenvalue weighted by molar-refractivity contribution is 5.57. The Morgan fingerprint density at radius 1 is 0.629 bits per heavy atom. The molecule has 0 amide bonds. The highest BCUT2D eigenvalue weighted by Gasteiger charge is 2.09. The molecular weight excluding hydrogens is 456 g/mol. The largest absolute Gasteiger partial charge is 0.491 e. The number of anilines is 2. The number of nitrogens with zero attached hydrogens (tertiary/aromatic N) is 4. The zero-order chi connectivity index (χ0) is 24.6. The highest BCUT2D eigenvalue weighted by atomic mass is 16.5. The standard InChI is InChI=1S/C21H22N10O4/c22-18-16(20(32)30-28-18)26-24-12-6-1-3-8-14(12)34-10-5-11-35-15-9-4-2-7-13(15)25-27-17-19(23)29-31-21(17)33/h1-4,6-9H,5,10-11H2,(H4,22,28,30,32)(H4,23,29,31,33). The Morgan fingerprint density at radius 3 is 1.46 bits per heavy atom. The van der Waals surface area contributed by atoms with Crippen LogP contribution < -0.4 is 32.1 Å². The number of para-hydroxylation sites is 2. The number of H-pyrrole nitrogens is 4. The van der Waals surface area contributed by atoms with E-state index in [1.54, 1.807) is 48.5 Å². The number of benzene rings is 2. The summed E-state index contributed by atoms with van der Waals surface area (Å²) in [4.78, 5) is 23.3. The molecule has 0 radical (unpaired) electrons. The van der Waals surface area contributed by atoms with Gasteiger partial charge in [0.15, 0.2) is 11.4 Å². The van der Waals surface area contributed by atoms with Crippen molar-refractivity contribution in [2.45, 2.75) is 6.42 Å². The van der Waals surface area contributed by atoms with Gasteiger partial charge >= 0.3 is 0 Å². The predicted molar refractivity (Wildman–Crippen MR) is 128 cm³/mol. The average Bonchev–Trinajstić information content (AvgIpc) is 3.36. The van der Waals surface area contributed by atoms with Crippen molar-refractivity contribution < 1.29 is 9.47 Å². The van der Waals surface area contributed by atoms with Crippen molar-refractivity contribution in [2.24, 2.45) is 20.5 Å². The summed E-state index contributed by atoms with van der Waals surface area (Å²) in [6, 6.07) is 14.0. The Bertz CT molecular complexity index is 1350. The van der Waals surface area contributed by atoms with Crippen molar-refractivity contribution in [1.29, 1.82) is 0 Å². The van der Waals surface area contributed by atoms with Gasteiger partial charge in [-0.15, -0.1) is 20.5 Å². The van der Waals surface area contributed by atoms with Crippen LogP contribution in [0.25, 0.3) is 0 Å². The van der Waals surface area contributed by atoms with E-state index >= 15 is 0 Å². The lowest BCUT2D eigenvalue weighted by Crippen LogP contribution is -2.05. The maximum Gasteiger partial charge on any atom is 0.293 e. The van der Waals surface area contributed by atoms with E-state index in [1.807, 2.05) is 0 Å². The van der Waals surface area contributed by atoms with E-state index in [1.165, 1.54) is 0 Å². The van der Waals surface area contributed by atoms with Crippen LogP contribution in [0.5, 0.6) is 11.5 Å². The molecule has 14 nitrogen and oxygen atoms in total. The third-order valence-electron chi connectivity index (χ3n) is 4.61. The molecule has 4 aromatic rings. The number of aromatic amines is 4. The normalized spacial score (nSPS) is 11.4. The summed E-state index contributed by atoms with van der Waals surface area (Å²) in [6.07, 6.45) is 0.547. The van der Waals surface area contributed by atoms with Crippen molar-refractivity contribution in [3.8, 4) is 11.5 Å². The first kappa shape index (κ1) is 23.0. The maximum atomic E-state index is 11.7. The van der Waals surface area contributed by atoms with Crippen molar-refractivity contribution in [2.75, 3.05) is 24.7 Å². The quantitative estimate of drug-likeness (QED) is 0.148. The third-order valence-corrected chi connectivity index (χ3v) is 4.61. The first-order valence-electron chi connectivity index (χ1n) is 10.4. The monoisotopic (exact) mass is 478 g/mol. The minimum absolute atomic E-state index is 0.00665. The van der Waals surface area contributed by atoms with Gasteiger partial charge in [-0.2, -0.15) is 0 Å². The Morgan fingerprint density at radius 2 is 1.06 bits per heavy atom. The number of ether oxygens (including phenoxy) is 2. The SMILES string of the molecule is Nc1[nH][nH]c(=O)c1N=Nc1ccccc1OCCCOc1ccccc1N=Nc1c(N)[nH][nH]c1=O. The molecule has 4 rings (SSSR count). The van der Waals surface area contributed by atoms with Gasteiger partial charge in [0.05, 0.1) is 13.2 Å². The Kier molecular flexibility index (Phi) is 7.01. The summed E-state index contributed by atoms with van der Waals surface area (Å²) < 4.78 is 11.6. The molecule has 0 saturated carbocycles. The van der Waals surface area contributed by atoms with Crippen LogP contribution >= 0.6 is 0 Å². The van der Waals surface area contributed by atoms with Gasteiger partial charge in [0.2, 0.25) is 0 Å². The van der Waals surface area contributed by atoms with Crippen LogP contribution in [0.15, 0.2) is 78.6 Å². The predicted octanol–water partition coefficient (Wildman–Crippen LogP) is 3.56. The fourth-order valence-corrected chi connectivity index (χ4v) is 2.88. The van der Waals surface area contributed by atoms with E-state index in [0.717, 1.165) is 0 Å². The molecule has 14 heteroatoms. The molecule has 2 aromatic heterocycles. The number of nitrogens with two attached hydrogens (primary N) is 2. The molecule has 0 aliphatic carbocycles. The summed E-state index contributed by atoms with van der Waals surface area (Å²) in [5, 5.41) is 25.6. The lowest BCUT2D eigenvalue weighted by Gasteiger charge is -2.10. The zero-order valence-corrected chi connectivity index (χ0v) is 18.3. The van der Waals surface area contributed by atoms with Gasteiger partial charge in [0, 0.05) is 6.42 Å². The molecule has 0 unspecified atom stereocenters. The summed E-state index contributed by atoms with van der Waals surface area (Å²) >= 11 is 0. The van der Waals surface area contributed by atoms with Crippen LogP contribution in [0, 0.1) is 0 Å². The average molecular weight is 478 g/mol. The molecule has 35 heavy (non-hydrogen) atoms. The Hall–Kier alpha value is -5.14. The molecule has 2 aromatic carbocycles. The smallest absolute Gasteiger partial charge is 0.293 e. The number of hydrogen-bond acceptors (Lipinski definition) is 10. The zero-order valence-electron chi connectivity index (χ0n) is 18.3. The van der Waals surface area contributed by atoms with Gasteiger partial charge in [0.1, 0.15) is 34.5 Å². The first-order chi connectivity index (χ1) is 17.0. The molecule has 8 N–H and O–H groups in total. The molecule has 180 valence electrons. The lowest BCUT2D eigenvalue weighted by molar-refractivity contribution is 0.248. The van der Waals surface area contributed by atoms with Gasteiger partial charge in [-0.1, -0.05) is 24.3 Å². The summed E-state index contributed by atoms with van der Waals surface area (Å²) in [5.41, 5.74) is 11.2. The molecule has 0 spiro atoms. The van der Waals surface area contributed by atoms with Crippen LogP contribution in [0.3, 0.4) is 0 Å². The minimum atomic E-state index is -0.468. The van der Waals surface area contributed by atoms with Crippen molar-refractivity contribution in [1.82, 2.24) is 20.4 Å². The highest BCUT2D eigenvalue weighted by Crippen LogP contribution is 2.30. The Balaban J connectivity index is 1.33. The van der Waals surface area contributed by atoms with Crippen molar-refractivity contribution in [3.63, 3.8) is 0 Å². The molecule has 0 fully saturated rings. The summed E-state index contributed by atoms with van der Waals surface area (Å²) in [7, 11) is 0.